The Balaban J connectivity index is 2.83. The fourth-order valence-corrected chi connectivity index (χ4v) is 1.38. The first-order valence-electron chi connectivity index (χ1n) is 4.98. The van der Waals surface area contributed by atoms with Gasteiger partial charge in [-0.2, -0.15) is 5.10 Å². The van der Waals surface area contributed by atoms with E-state index in [9.17, 15) is 4.79 Å². The van der Waals surface area contributed by atoms with Gasteiger partial charge in [-0.1, -0.05) is 6.92 Å². The molecule has 0 atom stereocenters. The number of rotatable bonds is 5. The predicted octanol–water partition coefficient (Wildman–Crippen LogP) is 0.536. The minimum Gasteiger partial charge on any atom is -0.324 e. The maximum Gasteiger partial charge on any atom is 0.152 e. The molecule has 4 nitrogen and oxygen atoms in total. The number of ketones is 1. The van der Waals surface area contributed by atoms with Crippen molar-refractivity contribution in [3.05, 3.63) is 17.5 Å². The van der Waals surface area contributed by atoms with Crippen LogP contribution in [0, 0.1) is 0 Å². The Hall–Kier alpha value is -1.16. The highest BCUT2D eigenvalue weighted by Crippen LogP contribution is 2.06. The fraction of sp³-hybridized carbons (Fsp3) is 0.600. The van der Waals surface area contributed by atoms with E-state index in [0.717, 1.165) is 24.4 Å². The Morgan fingerprint density at radius 1 is 1.57 bits per heavy atom. The summed E-state index contributed by atoms with van der Waals surface area (Å²) in [6, 6.07) is 1.98. The second-order valence-electron chi connectivity index (χ2n) is 3.22. The lowest BCUT2D eigenvalue weighted by Crippen LogP contribution is -2.17. The summed E-state index contributed by atoms with van der Waals surface area (Å²) in [4.78, 5) is 11.2. The Bertz CT molecular complexity index is 317. The zero-order valence-electron chi connectivity index (χ0n) is 8.79. The van der Waals surface area contributed by atoms with Crippen LogP contribution >= 0.6 is 0 Å². The standard InChI is InChI=1S/C10H17N3O/c1-3-8-5-9(6-10(14)7-11)13(4-2)12-8/h5H,3-4,6-7,11H2,1-2H3. The van der Waals surface area contributed by atoms with Gasteiger partial charge in [0.15, 0.2) is 5.78 Å². The van der Waals surface area contributed by atoms with E-state index in [1.165, 1.54) is 0 Å². The van der Waals surface area contributed by atoms with Crippen molar-refractivity contribution in [2.45, 2.75) is 33.2 Å². The number of Topliss-reactive ketones (excluding diaryl/α,β-unsaturated/α-hetero) is 1. The Morgan fingerprint density at radius 3 is 2.79 bits per heavy atom. The normalized spacial score (nSPS) is 10.5. The van der Waals surface area contributed by atoms with Gasteiger partial charge in [0.05, 0.1) is 12.2 Å². The monoisotopic (exact) mass is 195 g/mol. The molecule has 0 spiro atoms. The predicted molar refractivity (Wildman–Crippen MR) is 55.0 cm³/mol. The molecule has 4 heteroatoms. The average molecular weight is 195 g/mol. The van der Waals surface area contributed by atoms with Gasteiger partial charge in [0.1, 0.15) is 0 Å². The number of nitrogens with two attached hydrogens (primary N) is 1. The largest absolute Gasteiger partial charge is 0.324 e. The van der Waals surface area contributed by atoms with E-state index in [1.54, 1.807) is 0 Å². The Labute approximate surface area is 84.1 Å². The number of nitrogens with zero attached hydrogens (tertiary/aromatic N) is 2. The van der Waals surface area contributed by atoms with Crippen molar-refractivity contribution >= 4 is 5.78 Å². The molecule has 0 aliphatic carbocycles. The number of carbonyl (C=O) groups excluding carboxylic acids is 1. The lowest BCUT2D eigenvalue weighted by atomic mass is 10.2. The first-order chi connectivity index (χ1) is 6.71. The fourth-order valence-electron chi connectivity index (χ4n) is 1.38. The van der Waals surface area contributed by atoms with Gasteiger partial charge in [-0.25, -0.2) is 0 Å². The van der Waals surface area contributed by atoms with E-state index in [-0.39, 0.29) is 12.3 Å². The molecule has 1 aromatic heterocycles. The van der Waals surface area contributed by atoms with Gasteiger partial charge in [0.25, 0.3) is 0 Å². The first-order valence-corrected chi connectivity index (χ1v) is 4.98. The maximum absolute atomic E-state index is 11.2. The van der Waals surface area contributed by atoms with Crippen LogP contribution in [0.25, 0.3) is 0 Å². The average Bonchev–Trinajstić information content (AvgIpc) is 2.60. The van der Waals surface area contributed by atoms with Crippen molar-refractivity contribution in [1.29, 1.82) is 0 Å². The molecule has 0 saturated heterocycles. The SMILES string of the molecule is CCc1cc(CC(=O)CN)n(CC)n1. The first kappa shape index (κ1) is 10.9. The quantitative estimate of drug-likeness (QED) is 0.745. The molecule has 0 fully saturated rings. The van der Waals surface area contributed by atoms with Crippen molar-refractivity contribution in [2.75, 3.05) is 6.54 Å². The van der Waals surface area contributed by atoms with E-state index in [2.05, 4.69) is 12.0 Å². The summed E-state index contributed by atoms with van der Waals surface area (Å²) in [5.41, 5.74) is 7.28. The van der Waals surface area contributed by atoms with Crippen molar-refractivity contribution in [3.8, 4) is 0 Å². The number of hydrogen-bond donors (Lipinski definition) is 1. The number of carbonyl (C=O) groups is 1. The second-order valence-corrected chi connectivity index (χ2v) is 3.22. The Morgan fingerprint density at radius 2 is 2.29 bits per heavy atom. The summed E-state index contributed by atoms with van der Waals surface area (Å²) in [6.45, 7) is 4.98. The van der Waals surface area contributed by atoms with Gasteiger partial charge in [-0.15, -0.1) is 0 Å². The molecule has 0 saturated carbocycles. The minimum absolute atomic E-state index is 0.0576. The summed E-state index contributed by atoms with van der Waals surface area (Å²) in [5.74, 6) is 0.0576. The van der Waals surface area contributed by atoms with Gasteiger partial charge in [0, 0.05) is 18.7 Å². The van der Waals surface area contributed by atoms with Gasteiger partial charge >= 0.3 is 0 Å². The molecule has 78 valence electrons. The smallest absolute Gasteiger partial charge is 0.152 e. The maximum atomic E-state index is 11.2. The molecule has 0 bridgehead atoms. The molecule has 0 amide bonds. The van der Waals surface area contributed by atoms with E-state index in [1.807, 2.05) is 17.7 Å². The highest BCUT2D eigenvalue weighted by Gasteiger charge is 2.08. The van der Waals surface area contributed by atoms with Crippen LogP contribution in [0.1, 0.15) is 25.2 Å². The third-order valence-electron chi connectivity index (χ3n) is 2.18. The van der Waals surface area contributed by atoms with Crippen molar-refractivity contribution in [1.82, 2.24) is 9.78 Å². The third kappa shape index (κ3) is 2.42. The van der Waals surface area contributed by atoms with Crippen LogP contribution < -0.4 is 5.73 Å². The van der Waals surface area contributed by atoms with Crippen LogP contribution in [0.4, 0.5) is 0 Å². The van der Waals surface area contributed by atoms with Crippen LogP contribution in [0.15, 0.2) is 6.07 Å². The molecule has 14 heavy (non-hydrogen) atoms. The van der Waals surface area contributed by atoms with Crippen molar-refractivity contribution < 1.29 is 4.79 Å². The summed E-state index contributed by atoms with van der Waals surface area (Å²) in [5, 5.41) is 4.36. The molecule has 0 aliphatic heterocycles. The zero-order valence-corrected chi connectivity index (χ0v) is 8.79. The van der Waals surface area contributed by atoms with E-state index >= 15 is 0 Å². The second kappa shape index (κ2) is 4.91. The Kier molecular flexibility index (Phi) is 3.83. The van der Waals surface area contributed by atoms with Gasteiger partial charge < -0.3 is 5.73 Å². The molecule has 0 unspecified atom stereocenters. The van der Waals surface area contributed by atoms with Crippen LogP contribution in [-0.2, 0) is 24.2 Å². The van der Waals surface area contributed by atoms with Crippen LogP contribution in [0.5, 0.6) is 0 Å². The van der Waals surface area contributed by atoms with Gasteiger partial charge in [-0.05, 0) is 19.4 Å². The number of hydrogen-bond acceptors (Lipinski definition) is 3. The molecule has 0 aromatic carbocycles. The molecule has 1 aromatic rings. The van der Waals surface area contributed by atoms with E-state index in [0.29, 0.717) is 6.42 Å². The molecule has 2 N–H and O–H groups in total. The van der Waals surface area contributed by atoms with Gasteiger partial charge in [-0.3, -0.25) is 9.48 Å². The van der Waals surface area contributed by atoms with Crippen LogP contribution in [0.3, 0.4) is 0 Å². The molecular weight excluding hydrogens is 178 g/mol. The molecular formula is C10H17N3O. The van der Waals surface area contributed by atoms with E-state index in [4.69, 9.17) is 5.73 Å². The molecule has 0 radical (unpaired) electrons. The lowest BCUT2D eigenvalue weighted by Gasteiger charge is -2.01. The number of aromatic nitrogens is 2. The highest BCUT2D eigenvalue weighted by molar-refractivity contribution is 5.82. The highest BCUT2D eigenvalue weighted by atomic mass is 16.1. The minimum atomic E-state index is 0.0576. The van der Waals surface area contributed by atoms with Crippen molar-refractivity contribution in [3.63, 3.8) is 0 Å². The summed E-state index contributed by atoms with van der Waals surface area (Å²) in [7, 11) is 0. The van der Waals surface area contributed by atoms with E-state index < -0.39 is 0 Å². The summed E-state index contributed by atoms with van der Waals surface area (Å²) >= 11 is 0. The van der Waals surface area contributed by atoms with Gasteiger partial charge in [0.2, 0.25) is 0 Å². The zero-order chi connectivity index (χ0) is 10.6. The molecule has 0 aliphatic rings. The van der Waals surface area contributed by atoms with Crippen LogP contribution in [-0.4, -0.2) is 22.1 Å². The molecule has 1 rings (SSSR count). The summed E-state index contributed by atoms with van der Waals surface area (Å²) < 4.78 is 1.87. The van der Waals surface area contributed by atoms with Crippen molar-refractivity contribution in [2.24, 2.45) is 5.73 Å². The van der Waals surface area contributed by atoms with Crippen LogP contribution in [0.2, 0.25) is 0 Å². The molecule has 1 heterocycles. The third-order valence-corrected chi connectivity index (χ3v) is 2.18. The topological polar surface area (TPSA) is 60.9 Å². The summed E-state index contributed by atoms with van der Waals surface area (Å²) in [6.07, 6.45) is 1.30. The number of aryl methyl sites for hydroxylation is 2. The lowest BCUT2D eigenvalue weighted by molar-refractivity contribution is -0.117.